The molecule has 4 rings (SSSR count). The third kappa shape index (κ3) is 4.69. The fraction of sp³-hybridized carbons (Fsp3) is 0.348. The van der Waals surface area contributed by atoms with Crippen LogP contribution in [-0.2, 0) is 22.6 Å². The van der Waals surface area contributed by atoms with Crippen LogP contribution in [0.5, 0.6) is 0 Å². The number of aromatic nitrogens is 2. The van der Waals surface area contributed by atoms with Crippen molar-refractivity contribution in [3.05, 3.63) is 64.6 Å². The highest BCUT2D eigenvalue weighted by molar-refractivity contribution is 5.93. The zero-order valence-electron chi connectivity index (χ0n) is 17.6. The van der Waals surface area contributed by atoms with E-state index in [-0.39, 0.29) is 24.0 Å². The molecule has 0 atom stereocenters. The summed E-state index contributed by atoms with van der Waals surface area (Å²) in [5, 5.41) is 2.99. The van der Waals surface area contributed by atoms with E-state index in [0.717, 1.165) is 28.7 Å². The molecule has 162 valence electrons. The van der Waals surface area contributed by atoms with Crippen LogP contribution in [0.25, 0.3) is 11.0 Å². The number of hydrogen-bond donors (Lipinski definition) is 2. The molecule has 0 bridgehead atoms. The van der Waals surface area contributed by atoms with Gasteiger partial charge >= 0.3 is 5.69 Å². The van der Waals surface area contributed by atoms with Gasteiger partial charge < -0.3 is 15.2 Å². The molecule has 2 amide bonds. The van der Waals surface area contributed by atoms with E-state index >= 15 is 0 Å². The number of nitrogens with zero attached hydrogens (tertiary/aromatic N) is 3. The Morgan fingerprint density at radius 3 is 2.45 bits per heavy atom. The molecule has 1 aliphatic rings. The summed E-state index contributed by atoms with van der Waals surface area (Å²) >= 11 is 0. The zero-order chi connectivity index (χ0) is 21.8. The van der Waals surface area contributed by atoms with Gasteiger partial charge in [-0.1, -0.05) is 37.3 Å². The molecule has 1 aliphatic heterocycles. The number of amides is 2. The molecule has 0 aliphatic carbocycles. The highest BCUT2D eigenvalue weighted by Crippen LogP contribution is 2.15. The van der Waals surface area contributed by atoms with E-state index < -0.39 is 0 Å². The smallest absolute Gasteiger partial charge is 0.326 e. The topological polar surface area (TPSA) is 90.4 Å². The van der Waals surface area contributed by atoms with Gasteiger partial charge in [0.2, 0.25) is 11.8 Å². The average Bonchev–Trinajstić information content (AvgIpc) is 3.09. The number of rotatable bonds is 6. The first-order valence-electron chi connectivity index (χ1n) is 10.6. The van der Waals surface area contributed by atoms with Crippen molar-refractivity contribution in [2.45, 2.75) is 19.9 Å². The Balaban J connectivity index is 1.30. The maximum atomic E-state index is 12.8. The molecule has 2 N–H and O–H groups in total. The molecular formula is C23H27N5O3. The van der Waals surface area contributed by atoms with Gasteiger partial charge in [0.25, 0.3) is 0 Å². The minimum absolute atomic E-state index is 0.0110. The molecule has 1 saturated heterocycles. The Labute approximate surface area is 180 Å². The van der Waals surface area contributed by atoms with Gasteiger partial charge in [-0.3, -0.25) is 19.1 Å². The molecule has 3 aromatic rings. The van der Waals surface area contributed by atoms with E-state index in [1.807, 2.05) is 53.4 Å². The summed E-state index contributed by atoms with van der Waals surface area (Å²) in [4.78, 5) is 44.0. The summed E-state index contributed by atoms with van der Waals surface area (Å²) in [6.07, 6.45) is 0.858. The highest BCUT2D eigenvalue weighted by Gasteiger charge is 2.23. The monoisotopic (exact) mass is 421 g/mol. The van der Waals surface area contributed by atoms with Crippen molar-refractivity contribution in [3.8, 4) is 0 Å². The maximum absolute atomic E-state index is 12.8. The fourth-order valence-corrected chi connectivity index (χ4v) is 4.00. The lowest BCUT2D eigenvalue weighted by Crippen LogP contribution is -2.51. The molecular weight excluding hydrogens is 394 g/mol. The molecule has 2 aromatic carbocycles. The van der Waals surface area contributed by atoms with Gasteiger partial charge in [-0.05, 0) is 30.2 Å². The lowest BCUT2D eigenvalue weighted by molar-refractivity contribution is -0.133. The Bertz CT molecular complexity index is 1140. The Hall–Kier alpha value is -3.39. The largest absolute Gasteiger partial charge is 0.339 e. The average molecular weight is 422 g/mol. The fourth-order valence-electron chi connectivity index (χ4n) is 4.00. The number of fused-ring (bicyclic) bond motifs is 1. The number of anilines is 1. The Kier molecular flexibility index (Phi) is 6.18. The van der Waals surface area contributed by atoms with Crippen molar-refractivity contribution < 1.29 is 9.59 Å². The third-order valence-electron chi connectivity index (χ3n) is 5.74. The van der Waals surface area contributed by atoms with Gasteiger partial charge in [0.05, 0.1) is 17.6 Å². The van der Waals surface area contributed by atoms with Crippen molar-refractivity contribution in [1.82, 2.24) is 19.4 Å². The number of aryl methyl sites for hydroxylation is 1. The summed E-state index contributed by atoms with van der Waals surface area (Å²) in [5.41, 5.74) is 3.13. The van der Waals surface area contributed by atoms with Crippen molar-refractivity contribution >= 4 is 28.5 Å². The maximum Gasteiger partial charge on any atom is 0.326 e. The number of para-hydroxylation sites is 3. The molecule has 2 heterocycles. The SMILES string of the molecule is CCc1ccccc1NC(=O)CN1CCN(C(=O)Cn2c(=O)[nH]c3ccccc32)CC1. The van der Waals surface area contributed by atoms with Crippen LogP contribution in [0.2, 0.25) is 0 Å². The zero-order valence-corrected chi connectivity index (χ0v) is 17.6. The minimum Gasteiger partial charge on any atom is -0.339 e. The second-order valence-electron chi connectivity index (χ2n) is 7.75. The van der Waals surface area contributed by atoms with Crippen LogP contribution >= 0.6 is 0 Å². The molecule has 0 unspecified atom stereocenters. The predicted octanol–water partition coefficient (Wildman–Crippen LogP) is 1.67. The van der Waals surface area contributed by atoms with Gasteiger partial charge in [-0.25, -0.2) is 4.79 Å². The van der Waals surface area contributed by atoms with Crippen LogP contribution in [0.4, 0.5) is 5.69 Å². The van der Waals surface area contributed by atoms with Crippen molar-refractivity contribution in [2.75, 3.05) is 38.0 Å². The Morgan fingerprint density at radius 2 is 1.68 bits per heavy atom. The van der Waals surface area contributed by atoms with Crippen LogP contribution in [0.1, 0.15) is 12.5 Å². The second-order valence-corrected chi connectivity index (χ2v) is 7.75. The molecule has 0 radical (unpaired) electrons. The van der Waals surface area contributed by atoms with Crippen LogP contribution < -0.4 is 11.0 Å². The molecule has 1 fully saturated rings. The molecule has 8 nitrogen and oxygen atoms in total. The summed E-state index contributed by atoms with van der Waals surface area (Å²) in [7, 11) is 0. The van der Waals surface area contributed by atoms with Crippen LogP contribution in [0.15, 0.2) is 53.3 Å². The van der Waals surface area contributed by atoms with Gasteiger partial charge in [-0.2, -0.15) is 0 Å². The Morgan fingerprint density at radius 1 is 0.968 bits per heavy atom. The van der Waals surface area contributed by atoms with E-state index in [1.54, 1.807) is 4.90 Å². The number of carbonyl (C=O) groups is 2. The van der Waals surface area contributed by atoms with Crippen LogP contribution in [0, 0.1) is 0 Å². The number of nitrogens with one attached hydrogen (secondary N) is 2. The molecule has 31 heavy (non-hydrogen) atoms. The molecule has 1 aromatic heterocycles. The van der Waals surface area contributed by atoms with Gasteiger partial charge in [0.1, 0.15) is 6.54 Å². The minimum atomic E-state index is -0.280. The summed E-state index contributed by atoms with van der Waals surface area (Å²) in [6.45, 7) is 4.68. The van der Waals surface area contributed by atoms with Crippen LogP contribution in [-0.4, -0.2) is 63.9 Å². The van der Waals surface area contributed by atoms with Crippen molar-refractivity contribution in [2.24, 2.45) is 0 Å². The summed E-state index contributed by atoms with van der Waals surface area (Å²) < 4.78 is 1.47. The van der Waals surface area contributed by atoms with Gasteiger partial charge in [-0.15, -0.1) is 0 Å². The lowest BCUT2D eigenvalue weighted by Gasteiger charge is -2.34. The quantitative estimate of drug-likeness (QED) is 0.634. The van der Waals surface area contributed by atoms with E-state index in [2.05, 4.69) is 17.2 Å². The lowest BCUT2D eigenvalue weighted by atomic mass is 10.1. The molecule has 0 saturated carbocycles. The van der Waals surface area contributed by atoms with Crippen molar-refractivity contribution in [1.29, 1.82) is 0 Å². The summed E-state index contributed by atoms with van der Waals surface area (Å²) in [5.74, 6) is -0.140. The number of aromatic amines is 1. The number of benzene rings is 2. The number of imidazole rings is 1. The second kappa shape index (κ2) is 9.18. The predicted molar refractivity (Wildman–Crippen MR) is 120 cm³/mol. The van der Waals surface area contributed by atoms with E-state index in [0.29, 0.717) is 32.7 Å². The van der Waals surface area contributed by atoms with Gasteiger partial charge in [0.15, 0.2) is 0 Å². The number of hydrogen-bond acceptors (Lipinski definition) is 4. The van der Waals surface area contributed by atoms with E-state index in [1.165, 1.54) is 4.57 Å². The van der Waals surface area contributed by atoms with E-state index in [4.69, 9.17) is 0 Å². The number of H-pyrrole nitrogens is 1. The first-order valence-corrected chi connectivity index (χ1v) is 10.6. The third-order valence-corrected chi connectivity index (χ3v) is 5.74. The van der Waals surface area contributed by atoms with E-state index in [9.17, 15) is 14.4 Å². The first kappa shape index (κ1) is 20.9. The summed E-state index contributed by atoms with van der Waals surface area (Å²) in [6, 6.07) is 15.2. The molecule has 8 heteroatoms. The van der Waals surface area contributed by atoms with Gasteiger partial charge in [0, 0.05) is 31.9 Å². The van der Waals surface area contributed by atoms with Crippen LogP contribution in [0.3, 0.4) is 0 Å². The molecule has 0 spiro atoms. The standard InChI is InChI=1S/C23H27N5O3/c1-2-17-7-3-4-8-18(17)24-21(29)15-26-11-13-27(14-12-26)22(30)16-28-20-10-6-5-9-19(20)25-23(28)31/h3-10H,2,11-16H2,1H3,(H,24,29)(H,25,31). The van der Waals surface area contributed by atoms with Crippen molar-refractivity contribution in [3.63, 3.8) is 0 Å². The number of piperazine rings is 1. The number of carbonyl (C=O) groups excluding carboxylic acids is 2. The normalized spacial score (nSPS) is 14.7. The highest BCUT2D eigenvalue weighted by atomic mass is 16.2. The first-order chi connectivity index (χ1) is 15.0.